The van der Waals surface area contributed by atoms with E-state index in [-0.39, 0.29) is 16.8 Å². The average Bonchev–Trinajstić information content (AvgIpc) is 2.40. The fourth-order valence-corrected chi connectivity index (χ4v) is 3.95. The van der Waals surface area contributed by atoms with Crippen molar-refractivity contribution in [3.63, 3.8) is 0 Å². The Kier molecular flexibility index (Phi) is 6.98. The van der Waals surface area contributed by atoms with Crippen molar-refractivity contribution >= 4 is 37.5 Å². The number of anilines is 1. The molecule has 124 valence electrons. The van der Waals surface area contributed by atoms with E-state index in [9.17, 15) is 13.2 Å². The number of hydrogen-bond donors (Lipinski definition) is 3. The number of amides is 1. The lowest BCUT2D eigenvalue weighted by atomic mass is 10.2. The lowest BCUT2D eigenvalue weighted by Crippen LogP contribution is -2.38. The monoisotopic (exact) mass is 391 g/mol. The molecule has 0 saturated carbocycles. The van der Waals surface area contributed by atoms with Gasteiger partial charge in [0.25, 0.3) is 0 Å². The predicted molar refractivity (Wildman–Crippen MR) is 91.5 cm³/mol. The average molecular weight is 392 g/mol. The Morgan fingerprint density at radius 2 is 2.00 bits per heavy atom. The highest BCUT2D eigenvalue weighted by molar-refractivity contribution is 9.10. The van der Waals surface area contributed by atoms with Crippen molar-refractivity contribution in [1.82, 2.24) is 10.0 Å². The van der Waals surface area contributed by atoms with E-state index in [4.69, 9.17) is 0 Å². The molecule has 1 aromatic carbocycles. The molecule has 3 N–H and O–H groups in total. The molecule has 0 spiro atoms. The van der Waals surface area contributed by atoms with Crippen molar-refractivity contribution in [3.05, 3.63) is 22.2 Å². The smallest absolute Gasteiger partial charge is 0.240 e. The van der Waals surface area contributed by atoms with Gasteiger partial charge in [0, 0.05) is 24.0 Å². The standard InChI is InChI=1S/C14H22BrN3O3S/c1-5-16-10(3)8-17-22(20,21)14-7-12(15)13(6-9(14)2)18-11(4)19/h6-7,10,16-17H,5,8H2,1-4H3,(H,18,19)/t10-/m1/s1. The van der Waals surface area contributed by atoms with Crippen LogP contribution in [0.25, 0.3) is 0 Å². The molecule has 0 heterocycles. The van der Waals surface area contributed by atoms with Crippen LogP contribution in [0, 0.1) is 6.92 Å². The van der Waals surface area contributed by atoms with Gasteiger partial charge in [-0.15, -0.1) is 0 Å². The summed E-state index contributed by atoms with van der Waals surface area (Å²) in [7, 11) is -3.60. The first kappa shape index (κ1) is 19.1. The topological polar surface area (TPSA) is 87.3 Å². The molecule has 0 unspecified atom stereocenters. The summed E-state index contributed by atoms with van der Waals surface area (Å²) in [5.41, 5.74) is 1.11. The largest absolute Gasteiger partial charge is 0.325 e. The normalized spacial score (nSPS) is 13.0. The van der Waals surface area contributed by atoms with Crippen molar-refractivity contribution in [1.29, 1.82) is 0 Å². The summed E-state index contributed by atoms with van der Waals surface area (Å²) in [5.74, 6) is -0.215. The van der Waals surface area contributed by atoms with Crippen molar-refractivity contribution in [2.45, 2.75) is 38.6 Å². The second kappa shape index (κ2) is 8.05. The van der Waals surface area contributed by atoms with Gasteiger partial charge in [-0.05, 0) is 54.0 Å². The predicted octanol–water partition coefficient (Wildman–Crippen LogP) is 1.99. The van der Waals surface area contributed by atoms with Crippen LogP contribution in [0.15, 0.2) is 21.5 Å². The van der Waals surface area contributed by atoms with Crippen LogP contribution in [0.5, 0.6) is 0 Å². The van der Waals surface area contributed by atoms with Crippen LogP contribution >= 0.6 is 15.9 Å². The summed E-state index contributed by atoms with van der Waals surface area (Å²) >= 11 is 3.29. The summed E-state index contributed by atoms with van der Waals surface area (Å²) < 4.78 is 27.9. The number of nitrogens with one attached hydrogen (secondary N) is 3. The number of likely N-dealkylation sites (N-methyl/N-ethyl adjacent to an activating group) is 1. The molecule has 0 fully saturated rings. The van der Waals surface area contributed by atoms with E-state index in [1.165, 1.54) is 13.0 Å². The zero-order valence-corrected chi connectivity index (χ0v) is 15.6. The van der Waals surface area contributed by atoms with E-state index >= 15 is 0 Å². The highest BCUT2D eigenvalue weighted by Gasteiger charge is 2.19. The number of halogens is 1. The number of carbonyl (C=O) groups excluding carboxylic acids is 1. The molecule has 6 nitrogen and oxygen atoms in total. The van der Waals surface area contributed by atoms with Crippen LogP contribution in [-0.4, -0.2) is 33.5 Å². The van der Waals surface area contributed by atoms with Gasteiger partial charge in [-0.1, -0.05) is 6.92 Å². The summed E-state index contributed by atoms with van der Waals surface area (Å²) in [6, 6.07) is 3.18. The summed E-state index contributed by atoms with van der Waals surface area (Å²) in [6.07, 6.45) is 0. The molecule has 0 aliphatic rings. The minimum atomic E-state index is -3.60. The van der Waals surface area contributed by atoms with Gasteiger partial charge < -0.3 is 10.6 Å². The van der Waals surface area contributed by atoms with E-state index in [1.54, 1.807) is 13.0 Å². The molecule has 0 aliphatic heterocycles. The molecular formula is C14H22BrN3O3S. The number of benzene rings is 1. The zero-order valence-electron chi connectivity index (χ0n) is 13.2. The highest BCUT2D eigenvalue weighted by Crippen LogP contribution is 2.28. The summed E-state index contributed by atoms with van der Waals surface area (Å²) in [4.78, 5) is 11.3. The lowest BCUT2D eigenvalue weighted by molar-refractivity contribution is -0.114. The van der Waals surface area contributed by atoms with Crippen molar-refractivity contribution in [2.24, 2.45) is 0 Å². The molecule has 22 heavy (non-hydrogen) atoms. The zero-order chi connectivity index (χ0) is 16.9. The second-order valence-corrected chi connectivity index (χ2v) is 7.68. The number of carbonyl (C=O) groups is 1. The number of aryl methyl sites for hydroxylation is 1. The Bertz CT molecular complexity index is 647. The molecule has 1 amide bonds. The van der Waals surface area contributed by atoms with Crippen LogP contribution in [0.3, 0.4) is 0 Å². The molecular weight excluding hydrogens is 370 g/mol. The van der Waals surface area contributed by atoms with Gasteiger partial charge in [0.15, 0.2) is 0 Å². The Balaban J connectivity index is 3.00. The maximum atomic E-state index is 12.4. The lowest BCUT2D eigenvalue weighted by Gasteiger charge is -2.16. The van der Waals surface area contributed by atoms with Gasteiger partial charge in [-0.2, -0.15) is 0 Å². The molecule has 1 aromatic rings. The molecule has 8 heteroatoms. The highest BCUT2D eigenvalue weighted by atomic mass is 79.9. The quantitative estimate of drug-likeness (QED) is 0.663. The fourth-order valence-electron chi connectivity index (χ4n) is 1.97. The van der Waals surface area contributed by atoms with Gasteiger partial charge in [0.05, 0.1) is 10.6 Å². The molecule has 1 rings (SSSR count). The third-order valence-corrected chi connectivity index (χ3v) is 5.22. The van der Waals surface area contributed by atoms with Gasteiger partial charge in [-0.25, -0.2) is 13.1 Å². The van der Waals surface area contributed by atoms with Crippen molar-refractivity contribution in [3.8, 4) is 0 Å². The Labute approximate surface area is 140 Å². The minimum absolute atomic E-state index is 0.0437. The van der Waals surface area contributed by atoms with Crippen molar-refractivity contribution in [2.75, 3.05) is 18.4 Å². The number of hydrogen-bond acceptors (Lipinski definition) is 4. The van der Waals surface area contributed by atoms with Gasteiger partial charge in [-0.3, -0.25) is 4.79 Å². The third-order valence-electron chi connectivity index (χ3n) is 3.00. The fraction of sp³-hybridized carbons (Fsp3) is 0.500. The molecule has 0 aliphatic carbocycles. The van der Waals surface area contributed by atoms with E-state index in [0.29, 0.717) is 22.3 Å². The molecule has 0 saturated heterocycles. The SMILES string of the molecule is CCN[C@H](C)CNS(=O)(=O)c1cc(Br)c(NC(C)=O)cc1C. The minimum Gasteiger partial charge on any atom is -0.325 e. The Morgan fingerprint density at radius 3 is 2.55 bits per heavy atom. The Morgan fingerprint density at radius 1 is 1.36 bits per heavy atom. The van der Waals surface area contributed by atoms with Crippen LogP contribution in [0.4, 0.5) is 5.69 Å². The van der Waals surface area contributed by atoms with Crippen LogP contribution < -0.4 is 15.4 Å². The summed E-state index contributed by atoms with van der Waals surface area (Å²) in [5, 5.41) is 5.79. The summed E-state index contributed by atoms with van der Waals surface area (Å²) in [6.45, 7) is 8.05. The Hall–Kier alpha value is -0.960. The molecule has 1 atom stereocenters. The maximum absolute atomic E-state index is 12.4. The first-order chi connectivity index (χ1) is 10.2. The van der Waals surface area contributed by atoms with Gasteiger partial charge in [0.2, 0.25) is 15.9 Å². The molecule has 0 aromatic heterocycles. The van der Waals surface area contributed by atoms with E-state index < -0.39 is 10.0 Å². The van der Waals surface area contributed by atoms with Crippen molar-refractivity contribution < 1.29 is 13.2 Å². The van der Waals surface area contributed by atoms with Crippen LogP contribution in [0.2, 0.25) is 0 Å². The van der Waals surface area contributed by atoms with E-state index in [0.717, 1.165) is 6.54 Å². The number of sulfonamides is 1. The van der Waals surface area contributed by atoms with E-state index in [2.05, 4.69) is 31.3 Å². The van der Waals surface area contributed by atoms with Gasteiger partial charge >= 0.3 is 0 Å². The van der Waals surface area contributed by atoms with Crippen LogP contribution in [0.1, 0.15) is 26.3 Å². The molecule has 0 radical (unpaired) electrons. The maximum Gasteiger partial charge on any atom is 0.240 e. The van der Waals surface area contributed by atoms with Gasteiger partial charge in [0.1, 0.15) is 0 Å². The van der Waals surface area contributed by atoms with E-state index in [1.807, 2.05) is 13.8 Å². The number of rotatable bonds is 7. The second-order valence-electron chi connectivity index (χ2n) is 5.09. The molecule has 0 bridgehead atoms. The first-order valence-electron chi connectivity index (χ1n) is 6.98. The van der Waals surface area contributed by atoms with Crippen LogP contribution in [-0.2, 0) is 14.8 Å². The first-order valence-corrected chi connectivity index (χ1v) is 9.25. The third kappa shape index (κ3) is 5.35.